The summed E-state index contributed by atoms with van der Waals surface area (Å²) in [6.45, 7) is 0.902. The molecule has 4 heteroatoms. The average Bonchev–Trinajstić information content (AvgIpc) is 2.87. The van der Waals surface area contributed by atoms with Crippen LogP contribution in [0.3, 0.4) is 0 Å². The van der Waals surface area contributed by atoms with Crippen LogP contribution in [0.25, 0.3) is 28.2 Å². The van der Waals surface area contributed by atoms with Crippen molar-refractivity contribution in [1.29, 1.82) is 0 Å². The van der Waals surface area contributed by atoms with Gasteiger partial charge in [0.05, 0.1) is 10.6 Å². The second-order valence-electron chi connectivity index (χ2n) is 5.44. The largest absolute Gasteiger partial charge is 0.340 e. The molecule has 0 unspecified atom stereocenters. The normalized spacial score (nSPS) is 13.3. The summed E-state index contributed by atoms with van der Waals surface area (Å²) in [5.41, 5.74) is 5.62. The predicted octanol–water partition coefficient (Wildman–Crippen LogP) is 4.11. The first-order valence-corrected chi connectivity index (χ1v) is 7.27. The average molecular weight is 290 g/mol. The summed E-state index contributed by atoms with van der Waals surface area (Å²) in [5.74, 6) is 0. The highest BCUT2D eigenvalue weighted by Gasteiger charge is 2.22. The van der Waals surface area contributed by atoms with Gasteiger partial charge in [0.1, 0.15) is 0 Å². The van der Waals surface area contributed by atoms with Crippen LogP contribution >= 0.6 is 0 Å². The zero-order chi connectivity index (χ0) is 15.1. The summed E-state index contributed by atoms with van der Waals surface area (Å²) in [7, 11) is 0. The molecule has 0 saturated carbocycles. The third-order valence-electron chi connectivity index (χ3n) is 4.25. The number of benzene rings is 2. The Bertz CT molecular complexity index is 922. The highest BCUT2D eigenvalue weighted by molar-refractivity contribution is 5.98. The molecule has 0 saturated heterocycles. The summed E-state index contributed by atoms with van der Waals surface area (Å²) >= 11 is 0. The lowest BCUT2D eigenvalue weighted by Crippen LogP contribution is -2.10. The lowest BCUT2D eigenvalue weighted by molar-refractivity contribution is -0.400. The summed E-state index contributed by atoms with van der Waals surface area (Å²) in [4.78, 5) is 10.3. The van der Waals surface area contributed by atoms with E-state index in [0.29, 0.717) is 0 Å². The Morgan fingerprint density at radius 2 is 1.86 bits per heavy atom. The number of aromatic nitrogens is 1. The van der Waals surface area contributed by atoms with Crippen molar-refractivity contribution in [3.63, 3.8) is 0 Å². The van der Waals surface area contributed by atoms with Crippen molar-refractivity contribution in [2.75, 3.05) is 0 Å². The van der Waals surface area contributed by atoms with E-state index in [1.807, 2.05) is 30.3 Å². The van der Waals surface area contributed by atoms with Gasteiger partial charge in [-0.2, -0.15) is 0 Å². The molecule has 108 valence electrons. The Kier molecular flexibility index (Phi) is 2.82. The molecule has 0 aliphatic carbocycles. The van der Waals surface area contributed by atoms with Crippen molar-refractivity contribution in [2.45, 2.75) is 13.0 Å². The smallest absolute Gasteiger partial charge is 0.235 e. The molecular weight excluding hydrogens is 276 g/mol. The highest BCUT2D eigenvalue weighted by Crippen LogP contribution is 2.39. The van der Waals surface area contributed by atoms with Gasteiger partial charge in [-0.15, -0.1) is 0 Å². The summed E-state index contributed by atoms with van der Waals surface area (Å²) in [5, 5.41) is 11.8. The molecule has 2 heterocycles. The van der Waals surface area contributed by atoms with E-state index in [2.05, 4.69) is 22.8 Å². The molecule has 1 aliphatic heterocycles. The van der Waals surface area contributed by atoms with E-state index < -0.39 is 4.92 Å². The van der Waals surface area contributed by atoms with Crippen LogP contribution in [0.1, 0.15) is 11.1 Å². The molecule has 0 bridgehead atoms. The van der Waals surface area contributed by atoms with Crippen LogP contribution in [0, 0.1) is 10.1 Å². The van der Waals surface area contributed by atoms with Crippen LogP contribution in [0.15, 0.2) is 54.7 Å². The van der Waals surface area contributed by atoms with E-state index in [1.165, 1.54) is 11.1 Å². The van der Waals surface area contributed by atoms with Crippen LogP contribution < -0.4 is 0 Å². The molecule has 22 heavy (non-hydrogen) atoms. The molecule has 0 spiro atoms. The molecule has 4 nitrogen and oxygen atoms in total. The van der Waals surface area contributed by atoms with E-state index >= 15 is 0 Å². The third kappa shape index (κ3) is 1.84. The van der Waals surface area contributed by atoms with Gasteiger partial charge in [0.2, 0.25) is 6.20 Å². The van der Waals surface area contributed by atoms with Crippen LogP contribution in [0.2, 0.25) is 0 Å². The molecule has 2 aromatic carbocycles. The second-order valence-corrected chi connectivity index (χ2v) is 5.44. The van der Waals surface area contributed by atoms with E-state index in [-0.39, 0.29) is 0 Å². The predicted molar refractivity (Wildman–Crippen MR) is 87.1 cm³/mol. The number of hydrogen-bond donors (Lipinski definition) is 0. The van der Waals surface area contributed by atoms with Gasteiger partial charge in [-0.3, -0.25) is 10.1 Å². The standard InChI is InChI=1S/C18H14N2O2/c21-20(22)12-10-16-15-7-3-4-8-17(15)19-11-9-13-5-1-2-6-14(13)18(16)19/h1-8,10,12H,9,11H2/b12-10+. The number of hydrogen-bond acceptors (Lipinski definition) is 2. The fourth-order valence-electron chi connectivity index (χ4n) is 3.36. The number of nitro groups is 1. The van der Waals surface area contributed by atoms with Crippen LogP contribution in [-0.4, -0.2) is 9.49 Å². The monoisotopic (exact) mass is 290 g/mol. The lowest BCUT2D eigenvalue weighted by atomic mass is 9.96. The van der Waals surface area contributed by atoms with Crippen molar-refractivity contribution in [1.82, 2.24) is 4.57 Å². The topological polar surface area (TPSA) is 48.1 Å². The van der Waals surface area contributed by atoms with Gasteiger partial charge in [0.25, 0.3) is 0 Å². The number of aryl methyl sites for hydroxylation is 2. The van der Waals surface area contributed by atoms with Crippen LogP contribution in [0.5, 0.6) is 0 Å². The Labute approximate surface area is 127 Å². The van der Waals surface area contributed by atoms with E-state index in [9.17, 15) is 10.1 Å². The minimum atomic E-state index is -0.409. The second kappa shape index (κ2) is 4.84. The molecule has 1 aromatic heterocycles. The summed E-state index contributed by atoms with van der Waals surface area (Å²) in [6.07, 6.45) is 3.64. The van der Waals surface area contributed by atoms with Gasteiger partial charge in [-0.05, 0) is 18.1 Å². The Morgan fingerprint density at radius 1 is 1.09 bits per heavy atom. The maximum atomic E-state index is 10.8. The molecular formula is C18H14N2O2. The van der Waals surface area contributed by atoms with Crippen molar-refractivity contribution >= 4 is 17.0 Å². The lowest BCUT2D eigenvalue weighted by Gasteiger charge is -2.20. The van der Waals surface area contributed by atoms with E-state index in [1.54, 1.807) is 6.08 Å². The molecule has 1 aliphatic rings. The fourth-order valence-corrected chi connectivity index (χ4v) is 3.36. The van der Waals surface area contributed by atoms with Gasteiger partial charge in [0.15, 0.2) is 0 Å². The van der Waals surface area contributed by atoms with Gasteiger partial charge in [0, 0.05) is 34.7 Å². The number of rotatable bonds is 2. The van der Waals surface area contributed by atoms with Gasteiger partial charge in [-0.25, -0.2) is 0 Å². The van der Waals surface area contributed by atoms with Gasteiger partial charge < -0.3 is 4.57 Å². The van der Waals surface area contributed by atoms with E-state index in [4.69, 9.17) is 0 Å². The highest BCUT2D eigenvalue weighted by atomic mass is 16.6. The maximum Gasteiger partial charge on any atom is 0.235 e. The van der Waals surface area contributed by atoms with Crippen LogP contribution in [-0.2, 0) is 13.0 Å². The zero-order valence-electron chi connectivity index (χ0n) is 11.9. The molecule has 0 radical (unpaired) electrons. The van der Waals surface area contributed by atoms with Crippen LogP contribution in [0.4, 0.5) is 0 Å². The first kappa shape index (κ1) is 12.8. The van der Waals surface area contributed by atoms with Crippen molar-refractivity contribution in [3.8, 4) is 11.3 Å². The number of fused-ring (bicyclic) bond motifs is 5. The minimum absolute atomic E-state index is 0.409. The Morgan fingerprint density at radius 3 is 2.73 bits per heavy atom. The zero-order valence-corrected chi connectivity index (χ0v) is 11.9. The van der Waals surface area contributed by atoms with E-state index in [0.717, 1.165) is 41.3 Å². The number of para-hydroxylation sites is 1. The van der Waals surface area contributed by atoms with Crippen molar-refractivity contribution < 1.29 is 4.92 Å². The van der Waals surface area contributed by atoms with Crippen molar-refractivity contribution in [2.24, 2.45) is 0 Å². The molecule has 0 N–H and O–H groups in total. The minimum Gasteiger partial charge on any atom is -0.340 e. The molecule has 0 amide bonds. The summed E-state index contributed by atoms with van der Waals surface area (Å²) in [6, 6.07) is 16.4. The quantitative estimate of drug-likeness (QED) is 0.526. The molecule has 0 atom stereocenters. The Hall–Kier alpha value is -2.88. The molecule has 3 aromatic rings. The van der Waals surface area contributed by atoms with Crippen molar-refractivity contribution in [3.05, 3.63) is 76.0 Å². The maximum absolute atomic E-state index is 10.8. The third-order valence-corrected chi connectivity index (χ3v) is 4.25. The first-order chi connectivity index (χ1) is 10.8. The Balaban J connectivity index is 2.08. The molecule has 0 fully saturated rings. The SMILES string of the molecule is O=[N+]([O-])/C=C/c1c2n(c3ccccc13)CCc1ccccc1-2. The van der Waals surface area contributed by atoms with Gasteiger partial charge >= 0.3 is 0 Å². The fraction of sp³-hybridized carbons (Fsp3) is 0.111. The summed E-state index contributed by atoms with van der Waals surface area (Å²) < 4.78 is 2.28. The van der Waals surface area contributed by atoms with Gasteiger partial charge in [-0.1, -0.05) is 42.5 Å². The first-order valence-electron chi connectivity index (χ1n) is 7.27. The molecule has 4 rings (SSSR count). The number of nitrogens with zero attached hydrogens (tertiary/aromatic N) is 2.